The zero-order valence-electron chi connectivity index (χ0n) is 15.2. The van der Waals surface area contributed by atoms with Gasteiger partial charge in [-0.1, -0.05) is 32.6 Å². The van der Waals surface area contributed by atoms with E-state index in [-0.39, 0.29) is 5.75 Å². The van der Waals surface area contributed by atoms with E-state index in [0.717, 1.165) is 18.8 Å². The summed E-state index contributed by atoms with van der Waals surface area (Å²) < 4.78 is 26.7. The Morgan fingerprint density at radius 2 is 1.83 bits per heavy atom. The van der Waals surface area contributed by atoms with Crippen molar-refractivity contribution in [3.63, 3.8) is 0 Å². The zero-order chi connectivity index (χ0) is 17.4. The molecule has 0 bridgehead atoms. The Morgan fingerprint density at radius 3 is 2.46 bits per heavy atom. The van der Waals surface area contributed by atoms with Crippen molar-refractivity contribution < 1.29 is 8.42 Å². The third-order valence-corrected chi connectivity index (χ3v) is 6.75. The van der Waals surface area contributed by atoms with Crippen LogP contribution < -0.4 is 15.4 Å². The number of sulfonamides is 1. The van der Waals surface area contributed by atoms with E-state index in [4.69, 9.17) is 0 Å². The summed E-state index contributed by atoms with van der Waals surface area (Å²) in [4.78, 5) is 4.23. The van der Waals surface area contributed by atoms with Gasteiger partial charge in [-0.15, -0.1) is 0 Å². The second-order valence-corrected chi connectivity index (χ2v) is 9.17. The van der Waals surface area contributed by atoms with Crippen LogP contribution in [0.25, 0.3) is 0 Å². The lowest BCUT2D eigenvalue weighted by Crippen LogP contribution is -2.47. The molecule has 140 valence electrons. The van der Waals surface area contributed by atoms with Gasteiger partial charge in [-0.3, -0.25) is 4.99 Å². The summed E-state index contributed by atoms with van der Waals surface area (Å²) in [7, 11) is -1.46. The van der Waals surface area contributed by atoms with Crippen molar-refractivity contribution in [1.29, 1.82) is 0 Å². The van der Waals surface area contributed by atoms with Crippen LogP contribution in [0.3, 0.4) is 0 Å². The van der Waals surface area contributed by atoms with Crippen molar-refractivity contribution in [2.45, 2.75) is 64.3 Å². The highest BCUT2D eigenvalue weighted by molar-refractivity contribution is 7.89. The monoisotopic (exact) mass is 358 g/mol. The highest BCUT2D eigenvalue weighted by Gasteiger charge is 2.22. The van der Waals surface area contributed by atoms with Crippen LogP contribution in [0.1, 0.15) is 58.3 Å². The summed E-state index contributed by atoms with van der Waals surface area (Å²) >= 11 is 0. The van der Waals surface area contributed by atoms with E-state index >= 15 is 0 Å². The largest absolute Gasteiger partial charge is 0.355 e. The minimum atomic E-state index is -3.20. The van der Waals surface area contributed by atoms with Gasteiger partial charge in [0.15, 0.2) is 5.96 Å². The van der Waals surface area contributed by atoms with Gasteiger partial charge >= 0.3 is 0 Å². The Balaban J connectivity index is 1.67. The van der Waals surface area contributed by atoms with Crippen molar-refractivity contribution in [3.8, 4) is 0 Å². The molecule has 7 heteroatoms. The molecule has 0 saturated heterocycles. The Hall–Kier alpha value is -0.820. The molecular formula is C17H34N4O2S. The molecule has 0 heterocycles. The molecule has 2 aliphatic rings. The predicted molar refractivity (Wildman–Crippen MR) is 99.7 cm³/mol. The second-order valence-electron chi connectivity index (χ2n) is 7.25. The van der Waals surface area contributed by atoms with Gasteiger partial charge in [-0.05, 0) is 37.5 Å². The number of hydrogen-bond acceptors (Lipinski definition) is 3. The van der Waals surface area contributed by atoms with E-state index in [1.165, 1.54) is 38.5 Å². The lowest BCUT2D eigenvalue weighted by Gasteiger charge is -2.30. The topological polar surface area (TPSA) is 82.6 Å². The van der Waals surface area contributed by atoms with Crippen LogP contribution in [-0.2, 0) is 10.0 Å². The minimum Gasteiger partial charge on any atom is -0.355 e. The van der Waals surface area contributed by atoms with Crippen molar-refractivity contribution in [1.82, 2.24) is 15.4 Å². The number of hydrogen-bond donors (Lipinski definition) is 3. The maximum absolute atomic E-state index is 12.0. The molecule has 2 rings (SSSR count). The normalized spacial score (nSPS) is 26.0. The zero-order valence-corrected chi connectivity index (χ0v) is 16.0. The van der Waals surface area contributed by atoms with E-state index in [9.17, 15) is 8.42 Å². The van der Waals surface area contributed by atoms with Crippen LogP contribution in [0.2, 0.25) is 0 Å². The Bertz CT molecular complexity index is 503. The molecule has 3 N–H and O–H groups in total. The molecule has 0 aromatic carbocycles. The molecule has 2 unspecified atom stereocenters. The third kappa shape index (κ3) is 6.59. The van der Waals surface area contributed by atoms with E-state index in [0.29, 0.717) is 31.0 Å². The van der Waals surface area contributed by atoms with Crippen LogP contribution in [0, 0.1) is 11.8 Å². The van der Waals surface area contributed by atoms with Crippen LogP contribution >= 0.6 is 0 Å². The number of nitrogens with zero attached hydrogens (tertiary/aromatic N) is 1. The maximum atomic E-state index is 12.0. The molecule has 0 aliphatic heterocycles. The summed E-state index contributed by atoms with van der Waals surface area (Å²) in [6.07, 6.45) is 9.69. The molecule has 0 radical (unpaired) electrons. The van der Waals surface area contributed by atoms with Crippen molar-refractivity contribution in [2.75, 3.05) is 25.9 Å². The van der Waals surface area contributed by atoms with E-state index in [1.54, 1.807) is 7.05 Å². The summed E-state index contributed by atoms with van der Waals surface area (Å²) in [6, 6.07) is 0.447. The molecular weight excluding hydrogens is 324 g/mol. The molecule has 2 aliphatic carbocycles. The molecule has 0 aromatic rings. The van der Waals surface area contributed by atoms with Crippen LogP contribution in [0.4, 0.5) is 0 Å². The van der Waals surface area contributed by atoms with Crippen LogP contribution in [0.15, 0.2) is 4.99 Å². The third-order valence-electron chi connectivity index (χ3n) is 5.40. The van der Waals surface area contributed by atoms with Crippen LogP contribution in [0.5, 0.6) is 0 Å². The average molecular weight is 359 g/mol. The van der Waals surface area contributed by atoms with Crippen molar-refractivity contribution >= 4 is 16.0 Å². The lowest BCUT2D eigenvalue weighted by atomic mass is 9.84. The fourth-order valence-electron chi connectivity index (χ4n) is 3.50. The van der Waals surface area contributed by atoms with E-state index in [2.05, 4.69) is 27.3 Å². The first kappa shape index (κ1) is 19.5. The summed E-state index contributed by atoms with van der Waals surface area (Å²) in [6.45, 7) is 3.22. The fraction of sp³-hybridized carbons (Fsp3) is 0.941. The van der Waals surface area contributed by atoms with Crippen molar-refractivity contribution in [3.05, 3.63) is 0 Å². The molecule has 2 fully saturated rings. The van der Waals surface area contributed by atoms with E-state index < -0.39 is 10.0 Å². The highest BCUT2D eigenvalue weighted by Crippen LogP contribution is 2.26. The average Bonchev–Trinajstić information content (AvgIpc) is 2.52. The van der Waals surface area contributed by atoms with Gasteiger partial charge in [0, 0.05) is 26.2 Å². The Labute approximate surface area is 147 Å². The predicted octanol–water partition coefficient (Wildman–Crippen LogP) is 1.84. The molecule has 0 amide bonds. The van der Waals surface area contributed by atoms with Gasteiger partial charge in [0.2, 0.25) is 10.0 Å². The Kier molecular flexibility index (Phi) is 7.81. The lowest BCUT2D eigenvalue weighted by molar-refractivity contribution is 0.298. The van der Waals surface area contributed by atoms with Crippen LogP contribution in [-0.4, -0.2) is 46.3 Å². The number of guanidine groups is 1. The SMILES string of the molecule is CCC1CCCC(NC(=NC)NCCS(=O)(=O)NCC2CCC2)C1. The van der Waals surface area contributed by atoms with Gasteiger partial charge in [0.25, 0.3) is 0 Å². The van der Waals surface area contributed by atoms with Gasteiger partial charge in [0.1, 0.15) is 0 Å². The molecule has 0 aromatic heterocycles. The van der Waals surface area contributed by atoms with Gasteiger partial charge in [-0.25, -0.2) is 13.1 Å². The fourth-order valence-corrected chi connectivity index (χ4v) is 4.50. The number of aliphatic imine (C=N–C) groups is 1. The smallest absolute Gasteiger partial charge is 0.213 e. The summed E-state index contributed by atoms with van der Waals surface area (Å²) in [5.74, 6) is 2.14. The second kappa shape index (κ2) is 9.61. The molecule has 2 saturated carbocycles. The number of nitrogens with one attached hydrogen (secondary N) is 3. The standard InChI is InChI=1S/C17H34N4O2S/c1-3-14-6-5-9-16(12-14)21-17(18-2)19-10-11-24(22,23)20-13-15-7-4-8-15/h14-16,20H,3-13H2,1-2H3,(H2,18,19,21). The minimum absolute atomic E-state index is 0.0860. The maximum Gasteiger partial charge on any atom is 0.213 e. The van der Waals surface area contributed by atoms with E-state index in [1.807, 2.05) is 0 Å². The molecule has 0 spiro atoms. The van der Waals surface area contributed by atoms with Gasteiger partial charge in [-0.2, -0.15) is 0 Å². The molecule has 24 heavy (non-hydrogen) atoms. The first-order valence-electron chi connectivity index (χ1n) is 9.47. The number of rotatable bonds is 8. The van der Waals surface area contributed by atoms with Crippen molar-refractivity contribution in [2.24, 2.45) is 16.8 Å². The first-order valence-corrected chi connectivity index (χ1v) is 11.1. The highest BCUT2D eigenvalue weighted by atomic mass is 32.2. The summed E-state index contributed by atoms with van der Waals surface area (Å²) in [5.41, 5.74) is 0. The van der Waals surface area contributed by atoms with Gasteiger partial charge in [0.05, 0.1) is 5.75 Å². The Morgan fingerprint density at radius 1 is 1.12 bits per heavy atom. The summed E-state index contributed by atoms with van der Waals surface area (Å²) in [5, 5.41) is 6.59. The quantitative estimate of drug-likeness (QED) is 0.457. The molecule has 2 atom stereocenters. The first-order chi connectivity index (χ1) is 11.5. The molecule has 6 nitrogen and oxygen atoms in total. The van der Waals surface area contributed by atoms with Gasteiger partial charge < -0.3 is 10.6 Å².